The van der Waals surface area contributed by atoms with Gasteiger partial charge in [0.1, 0.15) is 0 Å². The summed E-state index contributed by atoms with van der Waals surface area (Å²) >= 11 is 0. The highest BCUT2D eigenvalue weighted by Gasteiger charge is 2.38. The maximum absolute atomic E-state index is 13.6. The number of carbonyl (C=O) groups excluding carboxylic acids is 1. The molecule has 4 atom stereocenters. The predicted octanol–water partition coefficient (Wildman–Crippen LogP) is 5.20. The summed E-state index contributed by atoms with van der Waals surface area (Å²) in [7, 11) is -0.269. The lowest BCUT2D eigenvalue weighted by atomic mass is 9.91. The van der Waals surface area contributed by atoms with Crippen LogP contribution < -0.4 is 0 Å². The molecule has 0 aliphatic carbocycles. The largest absolute Gasteiger partial charge is 0.414 e. The molecule has 0 aromatic heterocycles. The van der Waals surface area contributed by atoms with E-state index in [1.54, 1.807) is 11.9 Å². The summed E-state index contributed by atoms with van der Waals surface area (Å²) in [5, 5.41) is 21.8. The number of aliphatic hydroxyl groups is 2. The quantitative estimate of drug-likeness (QED) is 0.429. The van der Waals surface area contributed by atoms with E-state index in [4.69, 9.17) is 4.43 Å². The molecule has 5 nitrogen and oxygen atoms in total. The molecule has 0 heterocycles. The number of rotatable bonds is 11. The summed E-state index contributed by atoms with van der Waals surface area (Å²) in [6.07, 6.45) is -0.704. The Hall–Kier alpha value is -1.99. The van der Waals surface area contributed by atoms with Crippen molar-refractivity contribution in [3.63, 3.8) is 0 Å². The summed E-state index contributed by atoms with van der Waals surface area (Å²) in [5.74, 6) is -0.506. The number of carbonyl (C=O) groups is 1. The number of hydrogen-bond acceptors (Lipinski definition) is 4. The summed E-state index contributed by atoms with van der Waals surface area (Å²) in [4.78, 5) is 15.2. The van der Waals surface area contributed by atoms with Crippen LogP contribution in [0.3, 0.4) is 0 Å². The average Bonchev–Trinajstić information content (AvgIpc) is 2.81. The lowest BCUT2D eigenvalue weighted by Gasteiger charge is -2.37. The molecule has 0 radical (unpaired) electrons. The highest BCUT2D eigenvalue weighted by Crippen LogP contribution is 2.36. The second-order valence-corrected chi connectivity index (χ2v) is 15.7. The van der Waals surface area contributed by atoms with Gasteiger partial charge in [-0.2, -0.15) is 0 Å². The Bertz CT molecular complexity index is 882. The molecule has 188 valence electrons. The minimum absolute atomic E-state index is 0.0508. The smallest absolute Gasteiger partial charge is 0.226 e. The Morgan fingerprint density at radius 2 is 1.53 bits per heavy atom. The van der Waals surface area contributed by atoms with Gasteiger partial charge in [-0.15, -0.1) is 0 Å². The summed E-state index contributed by atoms with van der Waals surface area (Å²) in [6.45, 7) is 12.9. The van der Waals surface area contributed by atoms with Crippen molar-refractivity contribution in [1.82, 2.24) is 4.90 Å². The first-order valence-corrected chi connectivity index (χ1v) is 15.1. The summed E-state index contributed by atoms with van der Waals surface area (Å²) in [6, 6.07) is 18.8. The minimum atomic E-state index is -2.00. The van der Waals surface area contributed by atoms with Gasteiger partial charge in [-0.3, -0.25) is 4.79 Å². The van der Waals surface area contributed by atoms with Crippen molar-refractivity contribution in [3.8, 4) is 0 Å². The standard InChI is InChI=1S/C28H43NO4Si/c1-21(26(31)23-16-12-9-13-17-23)29(5)27(32)24(18-22-14-10-8-11-15-22)19-25(30)20-33-34(6,7)28(2,3)4/h8-17,21,24-26,30-31H,18-20H2,1-7H3/t21-,24-,25-,26+/m0/s1. The fourth-order valence-corrected chi connectivity index (χ4v) is 4.76. The Morgan fingerprint density at radius 3 is 2.06 bits per heavy atom. The van der Waals surface area contributed by atoms with Crippen molar-refractivity contribution in [2.45, 2.75) is 76.9 Å². The van der Waals surface area contributed by atoms with E-state index in [1.807, 2.05) is 67.6 Å². The van der Waals surface area contributed by atoms with E-state index in [-0.39, 0.29) is 17.6 Å². The van der Waals surface area contributed by atoms with Crippen molar-refractivity contribution in [2.24, 2.45) is 5.92 Å². The van der Waals surface area contributed by atoms with Gasteiger partial charge in [-0.1, -0.05) is 81.4 Å². The van der Waals surface area contributed by atoms with Crippen LogP contribution in [-0.2, 0) is 15.6 Å². The molecular weight excluding hydrogens is 442 g/mol. The Labute approximate surface area is 206 Å². The zero-order valence-corrected chi connectivity index (χ0v) is 22.9. The zero-order chi connectivity index (χ0) is 25.5. The monoisotopic (exact) mass is 485 g/mol. The number of nitrogens with zero attached hydrogens (tertiary/aromatic N) is 1. The molecule has 0 saturated carbocycles. The molecule has 2 N–H and O–H groups in total. The van der Waals surface area contributed by atoms with E-state index in [1.165, 1.54) is 0 Å². The third-order valence-electron chi connectivity index (χ3n) is 7.23. The molecule has 2 aromatic carbocycles. The number of aliphatic hydroxyl groups excluding tert-OH is 2. The third-order valence-corrected chi connectivity index (χ3v) is 11.7. The lowest BCUT2D eigenvalue weighted by Crippen LogP contribution is -2.45. The normalized spacial score (nSPS) is 15.9. The first kappa shape index (κ1) is 28.2. The number of likely N-dealkylation sites (N-methyl/N-ethyl adjacent to an activating group) is 1. The molecule has 34 heavy (non-hydrogen) atoms. The van der Waals surface area contributed by atoms with Crippen LogP contribution in [0.5, 0.6) is 0 Å². The molecule has 2 rings (SSSR count). The average molecular weight is 486 g/mol. The highest BCUT2D eigenvalue weighted by molar-refractivity contribution is 6.74. The molecule has 0 bridgehead atoms. The van der Waals surface area contributed by atoms with Gasteiger partial charge in [0.15, 0.2) is 8.32 Å². The van der Waals surface area contributed by atoms with Crippen molar-refractivity contribution < 1.29 is 19.4 Å². The van der Waals surface area contributed by atoms with E-state index < -0.39 is 32.5 Å². The van der Waals surface area contributed by atoms with Crippen LogP contribution in [0.4, 0.5) is 0 Å². The Balaban J connectivity index is 2.14. The topological polar surface area (TPSA) is 70.0 Å². The van der Waals surface area contributed by atoms with Gasteiger partial charge in [0.25, 0.3) is 0 Å². The fraction of sp³-hybridized carbons (Fsp3) is 0.536. The highest BCUT2D eigenvalue weighted by atomic mass is 28.4. The van der Waals surface area contributed by atoms with E-state index >= 15 is 0 Å². The second-order valence-electron chi connectivity index (χ2n) is 10.9. The molecule has 0 fully saturated rings. The summed E-state index contributed by atoms with van der Waals surface area (Å²) < 4.78 is 6.21. The minimum Gasteiger partial charge on any atom is -0.414 e. The fourth-order valence-electron chi connectivity index (χ4n) is 3.72. The number of benzene rings is 2. The molecule has 2 aromatic rings. The van der Waals surface area contributed by atoms with Crippen LogP contribution in [0.25, 0.3) is 0 Å². The van der Waals surface area contributed by atoms with Crippen molar-refractivity contribution in [1.29, 1.82) is 0 Å². The van der Waals surface area contributed by atoms with Crippen LogP contribution in [0.1, 0.15) is 51.3 Å². The van der Waals surface area contributed by atoms with Gasteiger partial charge in [0.2, 0.25) is 5.91 Å². The first-order valence-electron chi connectivity index (χ1n) is 12.2. The maximum atomic E-state index is 13.6. The van der Waals surface area contributed by atoms with Crippen LogP contribution in [0.2, 0.25) is 18.1 Å². The summed E-state index contributed by atoms with van der Waals surface area (Å²) in [5.41, 5.74) is 1.82. The molecule has 0 aliphatic rings. The third kappa shape index (κ3) is 7.77. The molecular formula is C28H43NO4Si. The van der Waals surface area contributed by atoms with Crippen molar-refractivity contribution >= 4 is 14.2 Å². The molecule has 1 amide bonds. The van der Waals surface area contributed by atoms with Crippen molar-refractivity contribution in [2.75, 3.05) is 13.7 Å². The number of hydrogen-bond donors (Lipinski definition) is 2. The Morgan fingerprint density at radius 1 is 1.00 bits per heavy atom. The Kier molecular flexibility index (Phi) is 10.1. The van der Waals surface area contributed by atoms with E-state index in [9.17, 15) is 15.0 Å². The van der Waals surface area contributed by atoms with Crippen LogP contribution in [0.15, 0.2) is 60.7 Å². The zero-order valence-electron chi connectivity index (χ0n) is 21.9. The van der Waals surface area contributed by atoms with E-state index in [0.717, 1.165) is 11.1 Å². The lowest BCUT2D eigenvalue weighted by molar-refractivity contribution is -0.139. The van der Waals surface area contributed by atoms with Crippen LogP contribution in [0, 0.1) is 5.92 Å². The SMILES string of the molecule is C[C@@H]([C@@H](O)c1ccccc1)N(C)C(=O)[C@@H](Cc1ccccc1)C[C@H](O)CO[Si](C)(C)C(C)(C)C. The predicted molar refractivity (Wildman–Crippen MR) is 141 cm³/mol. The van der Waals surface area contributed by atoms with Gasteiger partial charge in [-0.25, -0.2) is 0 Å². The van der Waals surface area contributed by atoms with Crippen LogP contribution in [-0.4, -0.2) is 55.1 Å². The van der Waals surface area contributed by atoms with E-state index in [2.05, 4.69) is 33.9 Å². The molecule has 0 spiro atoms. The molecule has 6 heteroatoms. The molecule has 0 unspecified atom stereocenters. The molecule has 0 aliphatic heterocycles. The van der Waals surface area contributed by atoms with Gasteiger partial charge in [0, 0.05) is 13.0 Å². The first-order chi connectivity index (χ1) is 15.8. The van der Waals surface area contributed by atoms with Gasteiger partial charge in [-0.05, 0) is 49.0 Å². The second kappa shape index (κ2) is 12.1. The van der Waals surface area contributed by atoms with Crippen molar-refractivity contribution in [3.05, 3.63) is 71.8 Å². The van der Waals surface area contributed by atoms with Crippen LogP contribution >= 0.6 is 0 Å². The maximum Gasteiger partial charge on any atom is 0.226 e. The van der Waals surface area contributed by atoms with Gasteiger partial charge >= 0.3 is 0 Å². The van der Waals surface area contributed by atoms with Gasteiger partial charge < -0.3 is 19.5 Å². The number of amides is 1. The van der Waals surface area contributed by atoms with Gasteiger partial charge in [0.05, 0.1) is 24.9 Å². The molecule has 0 saturated heterocycles. The van der Waals surface area contributed by atoms with E-state index in [0.29, 0.717) is 12.8 Å².